The van der Waals surface area contributed by atoms with Crippen LogP contribution in [0.3, 0.4) is 0 Å². The number of hydrogen-bond donors (Lipinski definition) is 3. The maximum Gasteiger partial charge on any atom is 0.306 e. The number of allylic oxidation sites excluding steroid dienone is 5. The van der Waals surface area contributed by atoms with Crippen molar-refractivity contribution < 1.29 is 14.6 Å². The molecule has 0 aromatic rings. The summed E-state index contributed by atoms with van der Waals surface area (Å²) >= 11 is 0. The standard InChI is InChI=1S/C44H68N2O3/c1-27(2)31-14-19-44(46-23-22-45-25-35-32-24-30(32)26-49-35)21-20-42(6)34(38(31)44)12-13-37-41(5)17-15-33(28-8-10-29(11-9-28)39(47)48)40(3,4)36(41)16-18-43(37,42)7/h8,15,29-32,34-38,45-46H,1,9-14,16-26H2,2-7H3,(H,47,48)/t29-,30?,31-,32?,34+,35+,36-,37+,38+,41-,42+,43+,44-/m0/s1. The molecule has 0 aromatic carbocycles. The van der Waals surface area contributed by atoms with Crippen molar-refractivity contribution >= 4 is 5.97 Å². The van der Waals surface area contributed by atoms with Crippen LogP contribution in [0.25, 0.3) is 0 Å². The normalized spacial score (nSPS) is 49.4. The van der Waals surface area contributed by atoms with E-state index in [1.165, 1.54) is 75.4 Å². The van der Waals surface area contributed by atoms with E-state index in [4.69, 9.17) is 4.74 Å². The van der Waals surface area contributed by atoms with Crippen molar-refractivity contribution in [3.8, 4) is 0 Å². The smallest absolute Gasteiger partial charge is 0.306 e. The Balaban J connectivity index is 1.01. The number of hydrogen-bond acceptors (Lipinski definition) is 4. The SMILES string of the molecule is C=C(C)[C@@H]1CC[C@]2(NCCNC[C@H]3OCC4CC43)CC[C@]3(C)[C@H](CC[C@@H]4[C@@]5(C)CC=C(C6=CC[C@H](C(=O)O)CC6)C(C)(C)[C@@H]5CC[C@]43C)[C@@H]12. The predicted molar refractivity (Wildman–Crippen MR) is 198 cm³/mol. The molecule has 49 heavy (non-hydrogen) atoms. The topological polar surface area (TPSA) is 70.6 Å². The molecule has 7 aliphatic carbocycles. The molecule has 8 rings (SSSR count). The number of carboxylic acid groups (broad SMARTS) is 1. The molecular weight excluding hydrogens is 604 g/mol. The monoisotopic (exact) mass is 673 g/mol. The summed E-state index contributed by atoms with van der Waals surface area (Å²) in [4.78, 5) is 11.7. The third kappa shape index (κ3) is 5.19. The number of rotatable bonds is 9. The van der Waals surface area contributed by atoms with Crippen LogP contribution in [-0.4, -0.2) is 49.0 Å². The van der Waals surface area contributed by atoms with E-state index in [2.05, 4.69) is 70.9 Å². The van der Waals surface area contributed by atoms with Gasteiger partial charge in [-0.2, -0.15) is 0 Å². The Bertz CT molecular complexity index is 1410. The number of fused-ring (bicyclic) bond motifs is 8. The molecule has 5 saturated carbocycles. The molecule has 272 valence electrons. The van der Waals surface area contributed by atoms with Gasteiger partial charge < -0.3 is 20.5 Å². The Morgan fingerprint density at radius 2 is 1.78 bits per heavy atom. The van der Waals surface area contributed by atoms with Gasteiger partial charge in [-0.15, -0.1) is 0 Å². The van der Waals surface area contributed by atoms with Crippen LogP contribution in [0.5, 0.6) is 0 Å². The first-order valence-corrected chi connectivity index (χ1v) is 20.6. The summed E-state index contributed by atoms with van der Waals surface area (Å²) in [5, 5.41) is 17.7. The fourth-order valence-electron chi connectivity index (χ4n) is 15.1. The molecule has 2 unspecified atom stereocenters. The van der Waals surface area contributed by atoms with Crippen molar-refractivity contribution in [3.63, 3.8) is 0 Å². The lowest BCUT2D eigenvalue weighted by Crippen LogP contribution is -2.68. The molecule has 0 spiro atoms. The van der Waals surface area contributed by atoms with Crippen molar-refractivity contribution in [1.82, 2.24) is 10.6 Å². The average molecular weight is 673 g/mol. The summed E-state index contributed by atoms with van der Waals surface area (Å²) < 4.78 is 6.02. The maximum absolute atomic E-state index is 11.7. The number of aliphatic carboxylic acids is 1. The summed E-state index contributed by atoms with van der Waals surface area (Å²) in [7, 11) is 0. The van der Waals surface area contributed by atoms with Crippen LogP contribution in [-0.2, 0) is 9.53 Å². The number of ether oxygens (including phenoxy) is 1. The van der Waals surface area contributed by atoms with Gasteiger partial charge in [-0.3, -0.25) is 4.79 Å². The highest BCUT2D eigenvalue weighted by Crippen LogP contribution is 2.76. The minimum Gasteiger partial charge on any atom is -0.481 e. The molecule has 0 radical (unpaired) electrons. The quantitative estimate of drug-likeness (QED) is 0.169. The van der Waals surface area contributed by atoms with Crippen LogP contribution in [0.2, 0.25) is 0 Å². The predicted octanol–water partition coefficient (Wildman–Crippen LogP) is 8.96. The van der Waals surface area contributed by atoms with Crippen LogP contribution in [0.4, 0.5) is 0 Å². The van der Waals surface area contributed by atoms with Gasteiger partial charge in [0.05, 0.1) is 18.6 Å². The van der Waals surface area contributed by atoms with Gasteiger partial charge in [0.2, 0.25) is 0 Å². The molecule has 6 fully saturated rings. The third-order valence-electron chi connectivity index (χ3n) is 17.9. The van der Waals surface area contributed by atoms with Crippen LogP contribution in [0.15, 0.2) is 35.5 Å². The zero-order valence-electron chi connectivity index (χ0n) is 31.8. The number of carbonyl (C=O) groups is 1. The molecular formula is C44H68N2O3. The molecule has 1 aliphatic heterocycles. The van der Waals surface area contributed by atoms with Crippen molar-refractivity contribution in [2.24, 2.45) is 69.0 Å². The van der Waals surface area contributed by atoms with Gasteiger partial charge in [-0.1, -0.05) is 58.9 Å². The van der Waals surface area contributed by atoms with Crippen molar-refractivity contribution in [2.45, 2.75) is 137 Å². The van der Waals surface area contributed by atoms with Crippen LogP contribution in [0.1, 0.15) is 125 Å². The van der Waals surface area contributed by atoms with Gasteiger partial charge in [-0.05, 0) is 165 Å². The second-order valence-electron chi connectivity index (χ2n) is 20.1. The fraction of sp³-hybridized carbons (Fsp3) is 0.841. The molecule has 0 aromatic heterocycles. The largest absolute Gasteiger partial charge is 0.481 e. The summed E-state index contributed by atoms with van der Waals surface area (Å²) in [6.07, 6.45) is 21.0. The van der Waals surface area contributed by atoms with E-state index in [0.717, 1.165) is 62.8 Å². The van der Waals surface area contributed by atoms with Gasteiger partial charge >= 0.3 is 5.97 Å². The molecule has 5 nitrogen and oxygen atoms in total. The molecule has 1 heterocycles. The first-order valence-electron chi connectivity index (χ1n) is 20.6. The Morgan fingerprint density at radius 3 is 2.45 bits per heavy atom. The number of carboxylic acids is 1. The second-order valence-corrected chi connectivity index (χ2v) is 20.1. The van der Waals surface area contributed by atoms with Crippen molar-refractivity contribution in [2.75, 3.05) is 26.2 Å². The van der Waals surface area contributed by atoms with E-state index in [1.54, 1.807) is 5.57 Å². The first-order chi connectivity index (χ1) is 23.3. The zero-order chi connectivity index (χ0) is 34.6. The lowest BCUT2D eigenvalue weighted by molar-refractivity contribution is -0.221. The fourth-order valence-corrected chi connectivity index (χ4v) is 15.1. The van der Waals surface area contributed by atoms with E-state index in [-0.39, 0.29) is 16.9 Å². The van der Waals surface area contributed by atoms with E-state index < -0.39 is 5.97 Å². The molecule has 1 saturated heterocycles. The van der Waals surface area contributed by atoms with Gasteiger partial charge in [0, 0.05) is 25.2 Å². The highest BCUT2D eigenvalue weighted by atomic mass is 16.5. The molecule has 8 aliphatic rings. The minimum atomic E-state index is -0.628. The molecule has 3 N–H and O–H groups in total. The number of nitrogens with one attached hydrogen (secondary N) is 2. The highest BCUT2D eigenvalue weighted by Gasteiger charge is 2.70. The van der Waals surface area contributed by atoms with Gasteiger partial charge in [0.15, 0.2) is 0 Å². The maximum atomic E-state index is 11.7. The van der Waals surface area contributed by atoms with E-state index in [9.17, 15) is 9.90 Å². The Morgan fingerprint density at radius 1 is 0.959 bits per heavy atom. The summed E-state index contributed by atoms with van der Waals surface area (Å²) in [6.45, 7) is 24.4. The van der Waals surface area contributed by atoms with E-state index >= 15 is 0 Å². The van der Waals surface area contributed by atoms with Crippen LogP contribution >= 0.6 is 0 Å². The van der Waals surface area contributed by atoms with E-state index in [1.807, 2.05) is 0 Å². The van der Waals surface area contributed by atoms with Crippen LogP contribution in [0, 0.1) is 69.0 Å². The lowest BCUT2D eigenvalue weighted by atomic mass is 9.33. The van der Waals surface area contributed by atoms with Gasteiger partial charge in [-0.25, -0.2) is 0 Å². The summed E-state index contributed by atoms with van der Waals surface area (Å²) in [5.41, 5.74) is 5.80. The van der Waals surface area contributed by atoms with Crippen LogP contribution < -0.4 is 10.6 Å². The Labute approximate surface area is 297 Å². The van der Waals surface area contributed by atoms with Gasteiger partial charge in [0.25, 0.3) is 0 Å². The lowest BCUT2D eigenvalue weighted by Gasteiger charge is -2.72. The van der Waals surface area contributed by atoms with Crippen molar-refractivity contribution in [1.29, 1.82) is 0 Å². The second kappa shape index (κ2) is 12.1. The van der Waals surface area contributed by atoms with E-state index in [0.29, 0.717) is 46.5 Å². The zero-order valence-corrected chi connectivity index (χ0v) is 31.8. The Kier molecular flexibility index (Phi) is 8.52. The third-order valence-corrected chi connectivity index (χ3v) is 17.9. The summed E-state index contributed by atoms with van der Waals surface area (Å²) in [5.74, 6) is 4.36. The molecule has 13 atom stereocenters. The molecule has 0 amide bonds. The first kappa shape index (κ1) is 34.6. The summed E-state index contributed by atoms with van der Waals surface area (Å²) in [6, 6.07) is 0. The average Bonchev–Trinajstić information content (AvgIpc) is 3.56. The van der Waals surface area contributed by atoms with Gasteiger partial charge in [0.1, 0.15) is 0 Å². The highest BCUT2D eigenvalue weighted by molar-refractivity contribution is 5.70. The molecule has 5 heteroatoms. The minimum absolute atomic E-state index is 0.119. The molecule has 0 bridgehead atoms. The van der Waals surface area contributed by atoms with Crippen molar-refractivity contribution in [3.05, 3.63) is 35.5 Å². The Hall–Kier alpha value is -1.43.